The Bertz CT molecular complexity index is 482. The van der Waals surface area contributed by atoms with E-state index in [4.69, 9.17) is 5.73 Å². The Hall–Kier alpha value is -0.820. The van der Waals surface area contributed by atoms with Gasteiger partial charge in [0.15, 0.2) is 0 Å². The van der Waals surface area contributed by atoms with Gasteiger partial charge in [0.2, 0.25) is 0 Å². The number of anilines is 1. The van der Waals surface area contributed by atoms with E-state index in [2.05, 4.69) is 27.8 Å². The van der Waals surface area contributed by atoms with Crippen molar-refractivity contribution in [3.05, 3.63) is 22.3 Å². The summed E-state index contributed by atoms with van der Waals surface area (Å²) in [6, 6.07) is 1.08. The third-order valence-corrected chi connectivity index (χ3v) is 4.34. The number of alkyl halides is 3. The fourth-order valence-corrected chi connectivity index (χ4v) is 2.69. The molecule has 20 heavy (non-hydrogen) atoms. The van der Waals surface area contributed by atoms with Crippen LogP contribution in [0.4, 0.5) is 19.0 Å². The molecule has 3 nitrogen and oxygen atoms in total. The van der Waals surface area contributed by atoms with Crippen LogP contribution in [0.2, 0.25) is 0 Å². The molecular formula is C13H17BrF3N3. The highest BCUT2D eigenvalue weighted by Crippen LogP contribution is 2.39. The van der Waals surface area contributed by atoms with Gasteiger partial charge in [-0.15, -0.1) is 0 Å². The van der Waals surface area contributed by atoms with Crippen molar-refractivity contribution in [3.8, 4) is 0 Å². The van der Waals surface area contributed by atoms with Gasteiger partial charge in [-0.2, -0.15) is 13.2 Å². The fourth-order valence-electron chi connectivity index (χ4n) is 2.36. The van der Waals surface area contributed by atoms with E-state index in [-0.39, 0.29) is 11.2 Å². The standard InChI is InChI=1S/C13H17BrF3N3/c1-12(8-18)2-4-20(5-3-12)11-10(13(15,16)17)6-9(14)7-19-11/h6-7H,2-5,8,18H2,1H3. The van der Waals surface area contributed by atoms with E-state index >= 15 is 0 Å². The molecule has 0 radical (unpaired) electrons. The average molecular weight is 352 g/mol. The first-order valence-electron chi connectivity index (χ1n) is 6.43. The first-order chi connectivity index (χ1) is 9.25. The van der Waals surface area contributed by atoms with Crippen molar-refractivity contribution in [2.24, 2.45) is 11.1 Å². The Morgan fingerprint density at radius 2 is 2.00 bits per heavy atom. The molecule has 1 aliphatic rings. The molecule has 0 bridgehead atoms. The number of nitrogens with zero attached hydrogens (tertiary/aromatic N) is 2. The summed E-state index contributed by atoms with van der Waals surface area (Å²) in [5.41, 5.74) is 5.05. The van der Waals surface area contributed by atoms with E-state index in [0.29, 0.717) is 24.1 Å². The van der Waals surface area contributed by atoms with Crippen molar-refractivity contribution >= 4 is 21.7 Å². The predicted molar refractivity (Wildman–Crippen MR) is 75.5 cm³/mol. The van der Waals surface area contributed by atoms with Crippen LogP contribution in [0.3, 0.4) is 0 Å². The molecule has 7 heteroatoms. The lowest BCUT2D eigenvalue weighted by atomic mass is 9.80. The quantitative estimate of drug-likeness (QED) is 0.887. The van der Waals surface area contributed by atoms with Gasteiger partial charge < -0.3 is 10.6 Å². The summed E-state index contributed by atoms with van der Waals surface area (Å²) in [5.74, 6) is 0.0137. The van der Waals surface area contributed by atoms with Gasteiger partial charge in [0.25, 0.3) is 0 Å². The first-order valence-corrected chi connectivity index (χ1v) is 7.22. The Kier molecular flexibility index (Phi) is 4.30. The van der Waals surface area contributed by atoms with Crippen LogP contribution in [0, 0.1) is 5.41 Å². The lowest BCUT2D eigenvalue weighted by Gasteiger charge is -2.39. The maximum Gasteiger partial charge on any atom is 0.419 e. The van der Waals surface area contributed by atoms with Crippen LogP contribution in [0.25, 0.3) is 0 Å². The van der Waals surface area contributed by atoms with Crippen molar-refractivity contribution < 1.29 is 13.2 Å². The maximum absolute atomic E-state index is 13.1. The Balaban J connectivity index is 2.26. The topological polar surface area (TPSA) is 42.1 Å². The van der Waals surface area contributed by atoms with Crippen LogP contribution in [-0.2, 0) is 6.18 Å². The molecule has 1 aromatic rings. The van der Waals surface area contributed by atoms with Crippen molar-refractivity contribution in [2.45, 2.75) is 25.9 Å². The summed E-state index contributed by atoms with van der Waals surface area (Å²) in [5, 5.41) is 0. The average Bonchev–Trinajstić information content (AvgIpc) is 2.39. The van der Waals surface area contributed by atoms with Crippen LogP contribution < -0.4 is 10.6 Å². The molecule has 1 saturated heterocycles. The van der Waals surface area contributed by atoms with Gasteiger partial charge in [0.05, 0.1) is 5.56 Å². The Morgan fingerprint density at radius 1 is 1.40 bits per heavy atom. The molecule has 112 valence electrons. The van der Waals surface area contributed by atoms with Crippen molar-refractivity contribution in [1.29, 1.82) is 0 Å². The monoisotopic (exact) mass is 351 g/mol. The van der Waals surface area contributed by atoms with E-state index in [9.17, 15) is 13.2 Å². The highest BCUT2D eigenvalue weighted by molar-refractivity contribution is 9.10. The zero-order valence-electron chi connectivity index (χ0n) is 11.2. The lowest BCUT2D eigenvalue weighted by molar-refractivity contribution is -0.137. The minimum Gasteiger partial charge on any atom is -0.356 e. The molecule has 0 amide bonds. The maximum atomic E-state index is 13.1. The lowest BCUT2D eigenvalue weighted by Crippen LogP contribution is -2.43. The number of halogens is 4. The number of hydrogen-bond donors (Lipinski definition) is 1. The third kappa shape index (κ3) is 3.25. The zero-order valence-corrected chi connectivity index (χ0v) is 12.8. The summed E-state index contributed by atoms with van der Waals surface area (Å²) in [4.78, 5) is 5.67. The number of hydrogen-bond acceptors (Lipinski definition) is 3. The molecule has 2 N–H and O–H groups in total. The van der Waals surface area contributed by atoms with Gasteiger partial charge in [0, 0.05) is 23.8 Å². The molecular weight excluding hydrogens is 335 g/mol. The molecule has 0 aromatic carbocycles. The molecule has 0 aliphatic carbocycles. The number of rotatable bonds is 2. The van der Waals surface area contributed by atoms with Gasteiger partial charge >= 0.3 is 6.18 Å². The minimum absolute atomic E-state index is 0.0137. The second-order valence-corrected chi connectivity index (χ2v) is 6.44. The summed E-state index contributed by atoms with van der Waals surface area (Å²) in [6.45, 7) is 3.72. The summed E-state index contributed by atoms with van der Waals surface area (Å²) >= 11 is 3.04. The molecule has 2 heterocycles. The smallest absolute Gasteiger partial charge is 0.356 e. The van der Waals surface area contributed by atoms with Gasteiger partial charge in [-0.1, -0.05) is 6.92 Å². The third-order valence-electron chi connectivity index (χ3n) is 3.90. The molecule has 0 saturated carbocycles. The molecule has 0 spiro atoms. The fraction of sp³-hybridized carbons (Fsp3) is 0.615. The van der Waals surface area contributed by atoms with E-state index in [1.165, 1.54) is 6.20 Å². The van der Waals surface area contributed by atoms with E-state index in [1.54, 1.807) is 4.90 Å². The van der Waals surface area contributed by atoms with Crippen LogP contribution in [0.1, 0.15) is 25.3 Å². The van der Waals surface area contributed by atoms with E-state index < -0.39 is 11.7 Å². The second kappa shape index (κ2) is 5.52. The van der Waals surface area contributed by atoms with E-state index in [1.807, 2.05) is 0 Å². The zero-order chi connectivity index (χ0) is 15.0. The Labute approximate surface area is 124 Å². The van der Waals surface area contributed by atoms with Gasteiger partial charge in [-0.3, -0.25) is 0 Å². The van der Waals surface area contributed by atoms with Gasteiger partial charge in [-0.05, 0) is 46.8 Å². The number of nitrogens with two attached hydrogens (primary N) is 1. The number of pyridine rings is 1. The number of piperidine rings is 1. The van der Waals surface area contributed by atoms with E-state index in [0.717, 1.165) is 18.9 Å². The Morgan fingerprint density at radius 3 is 2.50 bits per heavy atom. The van der Waals surface area contributed by atoms with Crippen molar-refractivity contribution in [2.75, 3.05) is 24.5 Å². The molecule has 1 fully saturated rings. The first kappa shape index (κ1) is 15.6. The van der Waals surface area contributed by atoms with Gasteiger partial charge in [0.1, 0.15) is 5.82 Å². The SMILES string of the molecule is CC1(CN)CCN(c2ncc(Br)cc2C(F)(F)F)CC1. The molecule has 1 aromatic heterocycles. The second-order valence-electron chi connectivity index (χ2n) is 5.52. The summed E-state index contributed by atoms with van der Waals surface area (Å²) in [7, 11) is 0. The largest absolute Gasteiger partial charge is 0.419 e. The highest BCUT2D eigenvalue weighted by Gasteiger charge is 2.38. The van der Waals surface area contributed by atoms with Crippen molar-refractivity contribution in [1.82, 2.24) is 4.98 Å². The van der Waals surface area contributed by atoms with Gasteiger partial charge in [-0.25, -0.2) is 4.98 Å². The van der Waals surface area contributed by atoms with Crippen LogP contribution in [0.15, 0.2) is 16.7 Å². The van der Waals surface area contributed by atoms with Crippen molar-refractivity contribution in [3.63, 3.8) is 0 Å². The minimum atomic E-state index is -4.40. The van der Waals surface area contributed by atoms with Crippen LogP contribution in [-0.4, -0.2) is 24.6 Å². The molecule has 0 atom stereocenters. The normalized spacial score (nSPS) is 19.2. The highest BCUT2D eigenvalue weighted by atomic mass is 79.9. The predicted octanol–water partition coefficient (Wildman–Crippen LogP) is 3.43. The number of aromatic nitrogens is 1. The molecule has 0 unspecified atom stereocenters. The van der Waals surface area contributed by atoms with Crippen LogP contribution >= 0.6 is 15.9 Å². The molecule has 2 rings (SSSR count). The summed E-state index contributed by atoms with van der Waals surface area (Å²) < 4.78 is 39.6. The summed E-state index contributed by atoms with van der Waals surface area (Å²) in [6.07, 6.45) is -1.45. The molecule has 1 aliphatic heterocycles. The van der Waals surface area contributed by atoms with Crippen LogP contribution in [0.5, 0.6) is 0 Å².